The first-order valence-electron chi connectivity index (χ1n) is 20.7. The summed E-state index contributed by atoms with van der Waals surface area (Å²) in [4.78, 5) is 12.1. The predicted octanol–water partition coefficient (Wildman–Crippen LogP) is 16.6. The van der Waals surface area contributed by atoms with Gasteiger partial charge in [0.25, 0.3) is 0 Å². The van der Waals surface area contributed by atoms with Crippen molar-refractivity contribution < 1.29 is 0 Å². The molecule has 0 saturated heterocycles. The number of rotatable bonds is 15. The van der Waals surface area contributed by atoms with E-state index in [1.54, 1.807) is 34.0 Å². The highest BCUT2D eigenvalue weighted by Gasteiger charge is 2.32. The van der Waals surface area contributed by atoms with Crippen LogP contribution in [-0.2, 0) is 17.3 Å². The molecule has 10 heteroatoms. The Kier molecular flexibility index (Phi) is 12.5. The van der Waals surface area contributed by atoms with Crippen LogP contribution in [-0.4, -0.2) is 8.75 Å². The zero-order valence-corrected chi connectivity index (χ0v) is 40.1. The van der Waals surface area contributed by atoms with Gasteiger partial charge in [-0.15, -0.1) is 56.7 Å². The second-order valence-corrected chi connectivity index (χ2v) is 22.6. The maximum absolute atomic E-state index is 10.8. The van der Waals surface area contributed by atoms with Crippen LogP contribution >= 0.6 is 68.4 Å². The van der Waals surface area contributed by atoms with Crippen LogP contribution in [0.25, 0.3) is 51.4 Å². The molecule has 6 aromatic heterocycles. The molecular formula is C50H48N4S6. The average Bonchev–Trinajstić information content (AvgIpc) is 4.10. The first kappa shape index (κ1) is 42.4. The van der Waals surface area contributed by atoms with Crippen LogP contribution in [0.4, 0.5) is 0 Å². The van der Waals surface area contributed by atoms with Crippen molar-refractivity contribution >= 4 is 79.4 Å². The highest BCUT2D eigenvalue weighted by Crippen LogP contribution is 2.51. The van der Waals surface area contributed by atoms with Crippen LogP contribution in [0.15, 0.2) is 78.9 Å². The molecule has 304 valence electrons. The molecule has 0 atom stereocenters. The lowest BCUT2D eigenvalue weighted by atomic mass is 9.83. The number of hydrogen-bond donors (Lipinski definition) is 0. The molecule has 2 aromatic carbocycles. The number of aryl methyl sites for hydroxylation is 3. The number of nitrogens with zero attached hydrogens (tertiary/aromatic N) is 4. The van der Waals surface area contributed by atoms with Gasteiger partial charge in [-0.25, -0.2) is 0 Å². The Labute approximate surface area is 378 Å². The molecule has 8 rings (SSSR count). The fraction of sp³-hybridized carbons (Fsp3) is 0.320. The lowest BCUT2D eigenvalue weighted by Gasteiger charge is -2.23. The van der Waals surface area contributed by atoms with Gasteiger partial charge in [0.2, 0.25) is 0 Å². The van der Waals surface area contributed by atoms with Gasteiger partial charge in [0.05, 0.1) is 22.9 Å². The summed E-state index contributed by atoms with van der Waals surface area (Å²) in [6.45, 7) is 15.8. The van der Waals surface area contributed by atoms with Gasteiger partial charge in [-0.3, -0.25) is 0 Å². The monoisotopic (exact) mass is 896 g/mol. The Morgan fingerprint density at radius 2 is 1.15 bits per heavy atom. The molecule has 4 nitrogen and oxygen atoms in total. The minimum atomic E-state index is -0.210. The van der Waals surface area contributed by atoms with Crippen LogP contribution in [0.3, 0.4) is 0 Å². The minimum absolute atomic E-state index is 0.0853. The second-order valence-electron chi connectivity index (χ2n) is 16.7. The molecule has 6 heterocycles. The summed E-state index contributed by atoms with van der Waals surface area (Å²) in [6.07, 6.45) is 8.95. The molecule has 0 N–H and O–H groups in total. The molecule has 0 spiro atoms. The Hall–Kier alpha value is -4.26. The van der Waals surface area contributed by atoms with Crippen molar-refractivity contribution in [1.82, 2.24) is 8.75 Å². The molecular weight excluding hydrogens is 849 g/mol. The summed E-state index contributed by atoms with van der Waals surface area (Å²) in [7, 11) is 0. The van der Waals surface area contributed by atoms with Crippen LogP contribution in [0.2, 0.25) is 0 Å². The SMILES string of the molecule is CCCCCCCCc1ccc(C(C)(C)c2sc(-c3c(C#N)c(C#N)c(-c4cc(C)c(-c5ccc(-c6ccc(C(C)(C)c7ccccc7)s6)s5)s4)c4nsnc34)cc2C)s1. The van der Waals surface area contributed by atoms with Gasteiger partial charge in [-0.1, -0.05) is 97.1 Å². The quantitative estimate of drug-likeness (QED) is 0.0961. The Balaban J connectivity index is 1.10. The molecule has 8 aromatic rings. The van der Waals surface area contributed by atoms with E-state index in [1.165, 1.54) is 83.8 Å². The number of benzene rings is 2. The third kappa shape index (κ3) is 7.99. The van der Waals surface area contributed by atoms with Gasteiger partial charge in [0, 0.05) is 70.7 Å². The molecule has 60 heavy (non-hydrogen) atoms. The van der Waals surface area contributed by atoms with Gasteiger partial charge >= 0.3 is 0 Å². The van der Waals surface area contributed by atoms with Gasteiger partial charge in [-0.2, -0.15) is 19.3 Å². The summed E-state index contributed by atoms with van der Waals surface area (Å²) in [5.74, 6) is 0. The maximum atomic E-state index is 10.8. The summed E-state index contributed by atoms with van der Waals surface area (Å²) < 4.78 is 9.65. The molecule has 0 aliphatic carbocycles. The first-order chi connectivity index (χ1) is 29.0. The fourth-order valence-corrected chi connectivity index (χ4v) is 15.0. The third-order valence-corrected chi connectivity index (χ3v) is 19.4. The Morgan fingerprint density at radius 1 is 0.567 bits per heavy atom. The third-order valence-electron chi connectivity index (χ3n) is 11.7. The predicted molar refractivity (Wildman–Crippen MR) is 262 cm³/mol. The van der Waals surface area contributed by atoms with Gasteiger partial charge in [0.1, 0.15) is 23.2 Å². The highest BCUT2D eigenvalue weighted by molar-refractivity contribution is 7.27. The van der Waals surface area contributed by atoms with Gasteiger partial charge in [-0.05, 0) is 91.9 Å². The van der Waals surface area contributed by atoms with Crippen molar-refractivity contribution in [3.8, 4) is 52.5 Å². The molecule has 0 fully saturated rings. The first-order valence-corrected chi connectivity index (χ1v) is 25.5. The summed E-state index contributed by atoms with van der Waals surface area (Å²) in [5, 5.41) is 21.7. The molecule has 0 amide bonds. The zero-order valence-electron chi connectivity index (χ0n) is 35.2. The van der Waals surface area contributed by atoms with Crippen LogP contribution in [0.5, 0.6) is 0 Å². The van der Waals surface area contributed by atoms with E-state index in [4.69, 9.17) is 8.75 Å². The zero-order chi connectivity index (χ0) is 42.2. The minimum Gasteiger partial charge on any atom is -0.192 e. The number of fused-ring (bicyclic) bond motifs is 1. The normalized spacial score (nSPS) is 12.0. The van der Waals surface area contributed by atoms with Gasteiger partial charge < -0.3 is 0 Å². The topological polar surface area (TPSA) is 73.4 Å². The van der Waals surface area contributed by atoms with E-state index in [-0.39, 0.29) is 10.8 Å². The highest BCUT2D eigenvalue weighted by atomic mass is 32.1. The average molecular weight is 897 g/mol. The maximum Gasteiger partial charge on any atom is 0.115 e. The molecule has 0 aliphatic heterocycles. The number of nitriles is 2. The van der Waals surface area contributed by atoms with Crippen molar-refractivity contribution in [2.45, 2.75) is 104 Å². The molecule has 0 aliphatic rings. The summed E-state index contributed by atoms with van der Waals surface area (Å²) in [6, 6.07) is 33.6. The number of hydrogen-bond acceptors (Lipinski definition) is 10. The molecule has 0 unspecified atom stereocenters. The smallest absolute Gasteiger partial charge is 0.115 e. The molecule has 0 radical (unpaired) electrons. The van der Waals surface area contributed by atoms with Crippen molar-refractivity contribution in [2.24, 2.45) is 0 Å². The van der Waals surface area contributed by atoms with Crippen molar-refractivity contribution in [3.05, 3.63) is 126 Å². The standard InChI is InChI=1S/C50H48N4S6/c1-8-9-10-11-12-16-19-33-20-24-42(55-33)50(6,7)48-31(3)27-40(59-48)44-35(29-52)34(28-51)43(45-46(44)54-60-53-45)39-26-30(2)47(58-39)38-22-21-36(56-38)37-23-25-41(57-37)49(4,5)32-17-14-13-15-18-32/h13-15,17-18,20-27H,8-12,16,19H2,1-7H3. The van der Waals surface area contributed by atoms with E-state index in [0.29, 0.717) is 33.3 Å². The molecule has 0 bridgehead atoms. The van der Waals surface area contributed by atoms with E-state index in [2.05, 4.69) is 139 Å². The summed E-state index contributed by atoms with van der Waals surface area (Å²) >= 11 is 10.1. The van der Waals surface area contributed by atoms with Gasteiger partial charge in [0.15, 0.2) is 0 Å². The van der Waals surface area contributed by atoms with Crippen LogP contribution in [0, 0.1) is 36.5 Å². The second kappa shape index (κ2) is 17.6. The Bertz CT molecular complexity index is 2880. The van der Waals surface area contributed by atoms with E-state index >= 15 is 0 Å². The van der Waals surface area contributed by atoms with Crippen molar-refractivity contribution in [3.63, 3.8) is 0 Å². The largest absolute Gasteiger partial charge is 0.192 e. The van der Waals surface area contributed by atoms with Crippen LogP contribution < -0.4 is 0 Å². The van der Waals surface area contributed by atoms with E-state index in [1.807, 2.05) is 22.7 Å². The van der Waals surface area contributed by atoms with Crippen LogP contribution in [0.1, 0.15) is 120 Å². The number of unbranched alkanes of at least 4 members (excludes halogenated alkanes) is 5. The van der Waals surface area contributed by atoms with Crippen molar-refractivity contribution in [1.29, 1.82) is 10.5 Å². The van der Waals surface area contributed by atoms with E-state index in [9.17, 15) is 10.5 Å². The van der Waals surface area contributed by atoms with Crippen molar-refractivity contribution in [2.75, 3.05) is 0 Å². The number of aromatic nitrogens is 2. The summed E-state index contributed by atoms with van der Waals surface area (Å²) in [5.41, 5.74) is 6.85. The Morgan fingerprint density at radius 3 is 1.85 bits per heavy atom. The lowest BCUT2D eigenvalue weighted by Crippen LogP contribution is -2.16. The molecule has 0 saturated carbocycles. The van der Waals surface area contributed by atoms with E-state index in [0.717, 1.165) is 38.3 Å². The number of thiophene rings is 5. The fourth-order valence-electron chi connectivity index (χ4n) is 8.22. The lowest BCUT2D eigenvalue weighted by molar-refractivity contribution is 0.609. The van der Waals surface area contributed by atoms with E-state index < -0.39 is 0 Å².